The second kappa shape index (κ2) is 4.05. The van der Waals surface area contributed by atoms with Crippen LogP contribution in [0.5, 0.6) is 0 Å². The van der Waals surface area contributed by atoms with Gasteiger partial charge in [0.15, 0.2) is 0 Å². The van der Waals surface area contributed by atoms with Gasteiger partial charge in [-0.3, -0.25) is 0 Å². The van der Waals surface area contributed by atoms with Crippen molar-refractivity contribution >= 4 is 0 Å². The van der Waals surface area contributed by atoms with Crippen LogP contribution in [0.4, 0.5) is 0 Å². The molecule has 0 spiro atoms. The smallest absolute Gasteiger partial charge is 0.125 e. The van der Waals surface area contributed by atoms with Crippen molar-refractivity contribution in [2.45, 2.75) is 38.6 Å². The summed E-state index contributed by atoms with van der Waals surface area (Å²) in [6.45, 7) is 1.96. The van der Waals surface area contributed by atoms with Gasteiger partial charge in [-0.2, -0.15) is 0 Å². The molecule has 0 aliphatic heterocycles. The Morgan fingerprint density at radius 2 is 2.29 bits per heavy atom. The Hall–Kier alpha value is -0.960. The van der Waals surface area contributed by atoms with Gasteiger partial charge in [0, 0.05) is 23.5 Å². The van der Waals surface area contributed by atoms with Crippen molar-refractivity contribution in [1.82, 2.24) is 15.3 Å². The molecular formula is C11H17N3. The summed E-state index contributed by atoms with van der Waals surface area (Å²) in [6.07, 6.45) is 6.83. The molecule has 0 fully saturated rings. The molecule has 1 unspecified atom stereocenters. The lowest BCUT2D eigenvalue weighted by Crippen LogP contribution is -2.17. The summed E-state index contributed by atoms with van der Waals surface area (Å²) in [5.41, 5.74) is 2.55. The number of aryl methyl sites for hydroxylation is 2. The SMILES string of the molecule is CNC1CCCCc2nc(C)ncc21. The van der Waals surface area contributed by atoms with E-state index in [4.69, 9.17) is 0 Å². The summed E-state index contributed by atoms with van der Waals surface area (Å²) in [5.74, 6) is 0.889. The minimum Gasteiger partial charge on any atom is -0.313 e. The Bertz CT molecular complexity index is 322. The van der Waals surface area contributed by atoms with E-state index in [0.29, 0.717) is 6.04 Å². The fourth-order valence-corrected chi connectivity index (χ4v) is 2.11. The highest BCUT2D eigenvalue weighted by Gasteiger charge is 2.18. The van der Waals surface area contributed by atoms with E-state index in [2.05, 4.69) is 15.3 Å². The van der Waals surface area contributed by atoms with Crippen LogP contribution in [-0.4, -0.2) is 17.0 Å². The normalized spacial score (nSPS) is 21.4. The van der Waals surface area contributed by atoms with E-state index in [1.165, 1.54) is 30.5 Å². The Labute approximate surface area is 85.0 Å². The highest BCUT2D eigenvalue weighted by molar-refractivity contribution is 5.23. The maximum Gasteiger partial charge on any atom is 0.125 e. The summed E-state index contributed by atoms with van der Waals surface area (Å²) in [4.78, 5) is 8.80. The Morgan fingerprint density at radius 3 is 3.07 bits per heavy atom. The van der Waals surface area contributed by atoms with Crippen LogP contribution in [0.2, 0.25) is 0 Å². The molecule has 0 radical (unpaired) electrons. The molecule has 1 atom stereocenters. The number of nitrogens with zero attached hydrogens (tertiary/aromatic N) is 2. The van der Waals surface area contributed by atoms with Gasteiger partial charge in [0.05, 0.1) is 0 Å². The van der Waals surface area contributed by atoms with Crippen LogP contribution in [0.3, 0.4) is 0 Å². The molecule has 0 bridgehead atoms. The van der Waals surface area contributed by atoms with Crippen LogP contribution in [0.25, 0.3) is 0 Å². The molecule has 3 nitrogen and oxygen atoms in total. The van der Waals surface area contributed by atoms with E-state index in [1.807, 2.05) is 20.2 Å². The molecule has 14 heavy (non-hydrogen) atoms. The van der Waals surface area contributed by atoms with Gasteiger partial charge in [0.25, 0.3) is 0 Å². The molecule has 1 aromatic rings. The van der Waals surface area contributed by atoms with E-state index >= 15 is 0 Å². The molecule has 0 amide bonds. The first-order chi connectivity index (χ1) is 6.81. The lowest BCUT2D eigenvalue weighted by molar-refractivity contribution is 0.531. The molecule has 1 aromatic heterocycles. The van der Waals surface area contributed by atoms with Gasteiger partial charge in [-0.15, -0.1) is 0 Å². The largest absolute Gasteiger partial charge is 0.313 e. The second-order valence-corrected chi connectivity index (χ2v) is 3.91. The number of rotatable bonds is 1. The molecule has 1 heterocycles. The molecule has 0 saturated carbocycles. The van der Waals surface area contributed by atoms with Gasteiger partial charge >= 0.3 is 0 Å². The third-order valence-electron chi connectivity index (χ3n) is 2.90. The molecular weight excluding hydrogens is 174 g/mol. The third kappa shape index (κ3) is 1.77. The quantitative estimate of drug-likeness (QED) is 0.687. The zero-order chi connectivity index (χ0) is 9.97. The monoisotopic (exact) mass is 191 g/mol. The first kappa shape index (κ1) is 9.59. The van der Waals surface area contributed by atoms with Crippen LogP contribution < -0.4 is 5.32 Å². The number of nitrogens with one attached hydrogen (secondary N) is 1. The first-order valence-electron chi connectivity index (χ1n) is 5.31. The molecule has 1 aliphatic rings. The van der Waals surface area contributed by atoms with Gasteiger partial charge in [-0.05, 0) is 33.2 Å². The van der Waals surface area contributed by atoms with Crippen LogP contribution in [0, 0.1) is 6.92 Å². The van der Waals surface area contributed by atoms with Crippen molar-refractivity contribution in [2.24, 2.45) is 0 Å². The van der Waals surface area contributed by atoms with Crippen LogP contribution in [-0.2, 0) is 6.42 Å². The number of hydrogen-bond acceptors (Lipinski definition) is 3. The van der Waals surface area contributed by atoms with Gasteiger partial charge in [-0.1, -0.05) is 6.42 Å². The summed E-state index contributed by atoms with van der Waals surface area (Å²) < 4.78 is 0. The van der Waals surface area contributed by atoms with Crippen molar-refractivity contribution in [1.29, 1.82) is 0 Å². The summed E-state index contributed by atoms with van der Waals surface area (Å²) in [5, 5.41) is 3.34. The van der Waals surface area contributed by atoms with Gasteiger partial charge in [-0.25, -0.2) is 9.97 Å². The molecule has 0 aromatic carbocycles. The fraction of sp³-hybridized carbons (Fsp3) is 0.636. The summed E-state index contributed by atoms with van der Waals surface area (Å²) >= 11 is 0. The first-order valence-corrected chi connectivity index (χ1v) is 5.31. The van der Waals surface area contributed by atoms with Crippen molar-refractivity contribution in [3.63, 3.8) is 0 Å². The van der Waals surface area contributed by atoms with E-state index in [-0.39, 0.29) is 0 Å². The van der Waals surface area contributed by atoms with Crippen LogP contribution >= 0.6 is 0 Å². The van der Waals surface area contributed by atoms with Crippen molar-refractivity contribution in [3.05, 3.63) is 23.3 Å². The highest BCUT2D eigenvalue weighted by Crippen LogP contribution is 2.26. The van der Waals surface area contributed by atoms with Crippen LogP contribution in [0.15, 0.2) is 6.20 Å². The highest BCUT2D eigenvalue weighted by atomic mass is 14.9. The number of aromatic nitrogens is 2. The van der Waals surface area contributed by atoms with Crippen molar-refractivity contribution < 1.29 is 0 Å². The summed E-state index contributed by atoms with van der Waals surface area (Å²) in [7, 11) is 2.01. The Kier molecular flexibility index (Phi) is 2.77. The number of fused-ring (bicyclic) bond motifs is 1. The minimum atomic E-state index is 0.452. The van der Waals surface area contributed by atoms with E-state index in [0.717, 1.165) is 12.2 Å². The van der Waals surface area contributed by atoms with Crippen LogP contribution in [0.1, 0.15) is 42.4 Å². The predicted molar refractivity (Wildman–Crippen MR) is 56.1 cm³/mol. The van der Waals surface area contributed by atoms with Gasteiger partial charge < -0.3 is 5.32 Å². The van der Waals surface area contributed by atoms with Gasteiger partial charge in [0.2, 0.25) is 0 Å². The maximum atomic E-state index is 4.52. The molecule has 3 heteroatoms. The lowest BCUT2D eigenvalue weighted by atomic mass is 10.1. The molecule has 2 rings (SSSR count). The maximum absolute atomic E-state index is 4.52. The Morgan fingerprint density at radius 1 is 1.43 bits per heavy atom. The van der Waals surface area contributed by atoms with Crippen molar-refractivity contribution in [3.8, 4) is 0 Å². The average molecular weight is 191 g/mol. The second-order valence-electron chi connectivity index (χ2n) is 3.91. The lowest BCUT2D eigenvalue weighted by Gasteiger charge is -2.15. The summed E-state index contributed by atoms with van der Waals surface area (Å²) in [6, 6.07) is 0.452. The van der Waals surface area contributed by atoms with Crippen molar-refractivity contribution in [2.75, 3.05) is 7.05 Å². The number of hydrogen-bond donors (Lipinski definition) is 1. The molecule has 0 saturated heterocycles. The minimum absolute atomic E-state index is 0.452. The van der Waals surface area contributed by atoms with E-state index in [1.54, 1.807) is 0 Å². The third-order valence-corrected chi connectivity index (χ3v) is 2.90. The topological polar surface area (TPSA) is 37.8 Å². The van der Waals surface area contributed by atoms with E-state index < -0.39 is 0 Å². The van der Waals surface area contributed by atoms with E-state index in [9.17, 15) is 0 Å². The average Bonchev–Trinajstić information content (AvgIpc) is 2.38. The molecule has 76 valence electrons. The zero-order valence-corrected chi connectivity index (χ0v) is 8.88. The van der Waals surface area contributed by atoms with Gasteiger partial charge in [0.1, 0.15) is 5.82 Å². The fourth-order valence-electron chi connectivity index (χ4n) is 2.11. The predicted octanol–water partition coefficient (Wildman–Crippen LogP) is 1.77. The standard InChI is InChI=1S/C11H17N3/c1-8-13-7-9-10(12-2)5-3-4-6-11(9)14-8/h7,10,12H,3-6H2,1-2H3. The Balaban J connectivity index is 2.39. The zero-order valence-electron chi connectivity index (χ0n) is 8.88. The molecule has 1 N–H and O–H groups in total. The molecule has 1 aliphatic carbocycles.